The number of thiazole rings is 1. The Morgan fingerprint density at radius 1 is 1.20 bits per heavy atom. The van der Waals surface area contributed by atoms with Gasteiger partial charge in [-0.2, -0.15) is 0 Å². The monoisotopic (exact) mass is 283 g/mol. The molecular weight excluding hydrogens is 274 g/mol. The van der Waals surface area contributed by atoms with Crippen molar-refractivity contribution < 1.29 is 4.92 Å². The molecule has 0 amide bonds. The summed E-state index contributed by atoms with van der Waals surface area (Å²) in [6.45, 7) is 0. The van der Waals surface area contributed by atoms with Gasteiger partial charge in [0.15, 0.2) is 0 Å². The van der Waals surface area contributed by atoms with E-state index in [9.17, 15) is 10.1 Å². The lowest BCUT2D eigenvalue weighted by Crippen LogP contribution is -1.87. The van der Waals surface area contributed by atoms with Gasteiger partial charge in [-0.3, -0.25) is 10.1 Å². The molecule has 0 radical (unpaired) electrons. The van der Waals surface area contributed by atoms with Crippen LogP contribution >= 0.6 is 11.3 Å². The molecule has 6 heteroatoms. The number of non-ortho nitro benzene ring substituents is 1. The van der Waals surface area contributed by atoms with Crippen LogP contribution in [0.15, 0.2) is 42.6 Å². The van der Waals surface area contributed by atoms with Gasteiger partial charge in [0.05, 0.1) is 4.92 Å². The van der Waals surface area contributed by atoms with Crippen LogP contribution in [-0.2, 0) is 0 Å². The van der Waals surface area contributed by atoms with Crippen LogP contribution in [0.3, 0.4) is 0 Å². The van der Waals surface area contributed by atoms with E-state index in [1.54, 1.807) is 12.3 Å². The number of benzene rings is 1. The molecular formula is C14H9N3O2S. The van der Waals surface area contributed by atoms with E-state index in [2.05, 4.69) is 9.97 Å². The van der Waals surface area contributed by atoms with Crippen LogP contribution in [0.4, 0.5) is 5.69 Å². The summed E-state index contributed by atoms with van der Waals surface area (Å²) in [6, 6.07) is 10.2. The third kappa shape index (κ3) is 2.55. The second kappa shape index (κ2) is 5.18. The topological polar surface area (TPSA) is 68.9 Å². The number of aromatic nitrogens is 2. The van der Waals surface area contributed by atoms with Gasteiger partial charge in [-0.1, -0.05) is 29.5 Å². The van der Waals surface area contributed by atoms with Gasteiger partial charge in [0.25, 0.3) is 5.69 Å². The van der Waals surface area contributed by atoms with Crippen LogP contribution in [0.1, 0.15) is 10.6 Å². The van der Waals surface area contributed by atoms with Crippen molar-refractivity contribution in [2.24, 2.45) is 0 Å². The number of nitro groups is 1. The maximum Gasteiger partial charge on any atom is 0.270 e. The Hall–Kier alpha value is -2.60. The van der Waals surface area contributed by atoms with E-state index in [0.29, 0.717) is 0 Å². The van der Waals surface area contributed by atoms with Gasteiger partial charge in [0, 0.05) is 18.3 Å². The summed E-state index contributed by atoms with van der Waals surface area (Å²) in [7, 11) is 0. The predicted molar refractivity (Wildman–Crippen MR) is 79.4 cm³/mol. The number of rotatable bonds is 3. The van der Waals surface area contributed by atoms with E-state index in [1.807, 2.05) is 30.4 Å². The average Bonchev–Trinajstić information content (AvgIpc) is 2.88. The number of pyridine rings is 1. The van der Waals surface area contributed by atoms with Gasteiger partial charge in [-0.05, 0) is 23.8 Å². The summed E-state index contributed by atoms with van der Waals surface area (Å²) in [4.78, 5) is 19.8. The number of nitrogens with zero attached hydrogens (tertiary/aromatic N) is 3. The fourth-order valence-electron chi connectivity index (χ4n) is 1.77. The molecule has 1 aromatic carbocycles. The van der Waals surface area contributed by atoms with Crippen LogP contribution in [0.2, 0.25) is 0 Å². The van der Waals surface area contributed by atoms with Gasteiger partial charge in [-0.25, -0.2) is 9.97 Å². The predicted octanol–water partition coefficient (Wildman–Crippen LogP) is 3.77. The van der Waals surface area contributed by atoms with Crippen LogP contribution in [0.5, 0.6) is 0 Å². The van der Waals surface area contributed by atoms with E-state index in [-0.39, 0.29) is 5.69 Å². The van der Waals surface area contributed by atoms with E-state index in [0.717, 1.165) is 20.9 Å². The quantitative estimate of drug-likeness (QED) is 0.542. The zero-order chi connectivity index (χ0) is 13.9. The number of hydrogen-bond acceptors (Lipinski definition) is 5. The molecule has 3 rings (SSSR count). The minimum absolute atomic E-state index is 0.0816. The Labute approximate surface area is 118 Å². The molecule has 0 spiro atoms. The average molecular weight is 283 g/mol. The molecule has 0 bridgehead atoms. The van der Waals surface area contributed by atoms with Gasteiger partial charge in [0.2, 0.25) is 0 Å². The van der Waals surface area contributed by atoms with E-state index >= 15 is 0 Å². The molecule has 98 valence electrons. The molecule has 0 atom stereocenters. The first-order valence-electron chi connectivity index (χ1n) is 5.86. The number of fused-ring (bicyclic) bond motifs is 1. The smallest absolute Gasteiger partial charge is 0.258 e. The van der Waals surface area contributed by atoms with Crippen LogP contribution in [0, 0.1) is 10.1 Å². The van der Waals surface area contributed by atoms with E-state index in [1.165, 1.54) is 23.5 Å². The van der Waals surface area contributed by atoms with Crippen molar-refractivity contribution >= 4 is 39.5 Å². The first kappa shape index (κ1) is 12.4. The van der Waals surface area contributed by atoms with Crippen molar-refractivity contribution in [3.63, 3.8) is 0 Å². The fraction of sp³-hybridized carbons (Fsp3) is 0. The zero-order valence-electron chi connectivity index (χ0n) is 10.3. The molecule has 0 unspecified atom stereocenters. The van der Waals surface area contributed by atoms with E-state index < -0.39 is 4.92 Å². The third-order valence-electron chi connectivity index (χ3n) is 2.68. The molecule has 0 saturated carbocycles. The second-order valence-electron chi connectivity index (χ2n) is 4.07. The number of nitro benzene ring substituents is 1. The Morgan fingerprint density at radius 2 is 2.10 bits per heavy atom. The standard InChI is InChI=1S/C14H9N3O2S/c18-17(19)11-4-1-3-10(9-11)6-7-13-16-12-5-2-8-15-14(12)20-13/h1-9H. The summed E-state index contributed by atoms with van der Waals surface area (Å²) in [5, 5.41) is 11.5. The molecule has 0 aliphatic heterocycles. The van der Waals surface area contributed by atoms with Crippen LogP contribution in [-0.4, -0.2) is 14.9 Å². The minimum atomic E-state index is -0.404. The summed E-state index contributed by atoms with van der Waals surface area (Å²) >= 11 is 1.48. The highest BCUT2D eigenvalue weighted by Gasteiger charge is 2.04. The summed E-state index contributed by atoms with van der Waals surface area (Å²) in [5.74, 6) is 0. The highest BCUT2D eigenvalue weighted by molar-refractivity contribution is 7.18. The Morgan fingerprint density at radius 3 is 2.90 bits per heavy atom. The lowest BCUT2D eigenvalue weighted by molar-refractivity contribution is -0.384. The summed E-state index contributed by atoms with van der Waals surface area (Å²) in [6.07, 6.45) is 5.38. The fourth-order valence-corrected chi connectivity index (χ4v) is 2.58. The highest BCUT2D eigenvalue weighted by atomic mass is 32.1. The first-order valence-corrected chi connectivity index (χ1v) is 6.68. The van der Waals surface area contributed by atoms with Crippen molar-refractivity contribution in [1.29, 1.82) is 0 Å². The second-order valence-corrected chi connectivity index (χ2v) is 5.07. The van der Waals surface area contributed by atoms with Gasteiger partial charge in [0.1, 0.15) is 15.4 Å². The lowest BCUT2D eigenvalue weighted by atomic mass is 10.2. The molecule has 5 nitrogen and oxygen atoms in total. The normalized spacial score (nSPS) is 11.2. The molecule has 0 saturated heterocycles. The highest BCUT2D eigenvalue weighted by Crippen LogP contribution is 2.21. The van der Waals surface area contributed by atoms with Crippen molar-refractivity contribution in [3.8, 4) is 0 Å². The maximum absolute atomic E-state index is 10.7. The van der Waals surface area contributed by atoms with Crippen molar-refractivity contribution in [1.82, 2.24) is 9.97 Å². The Balaban J connectivity index is 1.89. The van der Waals surface area contributed by atoms with Crippen molar-refractivity contribution in [2.75, 3.05) is 0 Å². The van der Waals surface area contributed by atoms with Crippen LogP contribution < -0.4 is 0 Å². The maximum atomic E-state index is 10.7. The molecule has 3 aromatic rings. The van der Waals surface area contributed by atoms with E-state index in [4.69, 9.17) is 0 Å². The van der Waals surface area contributed by atoms with Crippen LogP contribution in [0.25, 0.3) is 22.5 Å². The molecule has 20 heavy (non-hydrogen) atoms. The van der Waals surface area contributed by atoms with Gasteiger partial charge >= 0.3 is 0 Å². The molecule has 2 aromatic heterocycles. The molecule has 2 heterocycles. The summed E-state index contributed by atoms with van der Waals surface area (Å²) in [5.41, 5.74) is 1.71. The minimum Gasteiger partial charge on any atom is -0.258 e. The summed E-state index contributed by atoms with van der Waals surface area (Å²) < 4.78 is 0. The molecule has 0 N–H and O–H groups in total. The van der Waals surface area contributed by atoms with Gasteiger partial charge in [-0.15, -0.1) is 0 Å². The van der Waals surface area contributed by atoms with Crippen molar-refractivity contribution in [2.45, 2.75) is 0 Å². The third-order valence-corrected chi connectivity index (χ3v) is 3.63. The molecule has 0 fully saturated rings. The van der Waals surface area contributed by atoms with Gasteiger partial charge < -0.3 is 0 Å². The largest absolute Gasteiger partial charge is 0.270 e. The molecule has 0 aliphatic rings. The molecule has 0 aliphatic carbocycles. The van der Waals surface area contributed by atoms with Crippen molar-refractivity contribution in [3.05, 3.63) is 63.3 Å². The Kier molecular flexibility index (Phi) is 3.22. The lowest BCUT2D eigenvalue weighted by Gasteiger charge is -1.93. The number of hydrogen-bond donors (Lipinski definition) is 0. The zero-order valence-corrected chi connectivity index (χ0v) is 11.1. The SMILES string of the molecule is O=[N+]([O-])c1cccc(C=Cc2nc3cccnc3s2)c1. The Bertz CT molecular complexity index is 778. The first-order chi connectivity index (χ1) is 9.72.